The van der Waals surface area contributed by atoms with E-state index in [0.29, 0.717) is 18.1 Å². The fourth-order valence-corrected chi connectivity index (χ4v) is 3.02. The molecule has 0 saturated carbocycles. The summed E-state index contributed by atoms with van der Waals surface area (Å²) < 4.78 is 12.8. The zero-order valence-electron chi connectivity index (χ0n) is 14.4. The number of benzene rings is 1. The average molecular weight is 347 g/mol. The van der Waals surface area contributed by atoms with E-state index in [0.717, 1.165) is 22.5 Å². The SMILES string of the molecule is Cc1nc(S[C@H](C)C(=O)NCCc2ccc(F)cc2)nc(C)c1C. The first kappa shape index (κ1) is 18.4. The van der Waals surface area contributed by atoms with Crippen molar-refractivity contribution >= 4 is 17.7 Å². The Morgan fingerprint density at radius 1 is 1.17 bits per heavy atom. The average Bonchev–Trinajstić information content (AvgIpc) is 2.54. The normalized spacial score (nSPS) is 12.0. The Kier molecular flexibility index (Phi) is 6.31. The number of hydrogen-bond donors (Lipinski definition) is 1. The molecule has 128 valence electrons. The molecule has 0 aliphatic heterocycles. The highest BCUT2D eigenvalue weighted by Crippen LogP contribution is 2.21. The van der Waals surface area contributed by atoms with Gasteiger partial charge in [0.15, 0.2) is 5.16 Å². The summed E-state index contributed by atoms with van der Waals surface area (Å²) in [6, 6.07) is 6.31. The minimum atomic E-state index is -0.278. The van der Waals surface area contributed by atoms with Gasteiger partial charge in [-0.15, -0.1) is 0 Å². The van der Waals surface area contributed by atoms with E-state index in [9.17, 15) is 9.18 Å². The zero-order chi connectivity index (χ0) is 17.7. The van der Waals surface area contributed by atoms with Crippen LogP contribution >= 0.6 is 11.8 Å². The lowest BCUT2D eigenvalue weighted by molar-refractivity contribution is -0.120. The number of nitrogens with one attached hydrogen (secondary N) is 1. The van der Waals surface area contributed by atoms with Crippen molar-refractivity contribution in [3.63, 3.8) is 0 Å². The summed E-state index contributed by atoms with van der Waals surface area (Å²) in [6.45, 7) is 8.24. The van der Waals surface area contributed by atoms with Gasteiger partial charge in [-0.25, -0.2) is 14.4 Å². The monoisotopic (exact) mass is 347 g/mol. The number of aromatic nitrogens is 2. The highest BCUT2D eigenvalue weighted by Gasteiger charge is 2.16. The summed E-state index contributed by atoms with van der Waals surface area (Å²) in [7, 11) is 0. The number of rotatable bonds is 6. The van der Waals surface area contributed by atoms with E-state index in [1.807, 2.05) is 27.7 Å². The van der Waals surface area contributed by atoms with E-state index in [1.165, 1.54) is 23.9 Å². The van der Waals surface area contributed by atoms with Gasteiger partial charge in [-0.1, -0.05) is 23.9 Å². The predicted molar refractivity (Wildman–Crippen MR) is 94.7 cm³/mol. The van der Waals surface area contributed by atoms with Crippen molar-refractivity contribution in [1.82, 2.24) is 15.3 Å². The van der Waals surface area contributed by atoms with Gasteiger partial charge in [0.2, 0.25) is 5.91 Å². The molecule has 1 aromatic heterocycles. The van der Waals surface area contributed by atoms with Crippen LogP contribution in [-0.2, 0) is 11.2 Å². The van der Waals surface area contributed by atoms with Gasteiger partial charge in [0.05, 0.1) is 5.25 Å². The predicted octanol–water partition coefficient (Wildman–Crippen LogP) is 3.38. The lowest BCUT2D eigenvalue weighted by atomic mass is 10.1. The van der Waals surface area contributed by atoms with E-state index >= 15 is 0 Å². The first-order valence-electron chi connectivity index (χ1n) is 7.87. The van der Waals surface area contributed by atoms with Gasteiger partial charge >= 0.3 is 0 Å². The maximum Gasteiger partial charge on any atom is 0.233 e. The van der Waals surface area contributed by atoms with Crippen LogP contribution in [-0.4, -0.2) is 27.7 Å². The van der Waals surface area contributed by atoms with Crippen molar-refractivity contribution in [1.29, 1.82) is 0 Å². The molecule has 24 heavy (non-hydrogen) atoms. The summed E-state index contributed by atoms with van der Waals surface area (Å²) in [4.78, 5) is 21.0. The molecule has 2 aromatic rings. The Hall–Kier alpha value is -1.95. The van der Waals surface area contributed by atoms with Crippen LogP contribution in [0.25, 0.3) is 0 Å². The topological polar surface area (TPSA) is 54.9 Å². The largest absolute Gasteiger partial charge is 0.355 e. The number of hydrogen-bond acceptors (Lipinski definition) is 4. The lowest BCUT2D eigenvalue weighted by Crippen LogP contribution is -2.32. The third-order valence-electron chi connectivity index (χ3n) is 3.89. The van der Waals surface area contributed by atoms with Gasteiger partial charge < -0.3 is 5.32 Å². The third-order valence-corrected chi connectivity index (χ3v) is 4.85. The second-order valence-corrected chi connectivity index (χ2v) is 7.04. The Bertz CT molecular complexity index is 696. The maximum atomic E-state index is 12.8. The van der Waals surface area contributed by atoms with Crippen LogP contribution in [0, 0.1) is 26.6 Å². The smallest absolute Gasteiger partial charge is 0.233 e. The van der Waals surface area contributed by atoms with Crippen molar-refractivity contribution in [2.24, 2.45) is 0 Å². The molecule has 1 aromatic carbocycles. The second-order valence-electron chi connectivity index (χ2n) is 5.73. The van der Waals surface area contributed by atoms with Gasteiger partial charge in [-0.05, 0) is 57.4 Å². The molecule has 1 atom stereocenters. The molecule has 1 heterocycles. The molecule has 0 saturated heterocycles. The molecule has 0 unspecified atom stereocenters. The van der Waals surface area contributed by atoms with Crippen molar-refractivity contribution < 1.29 is 9.18 Å². The molecule has 1 N–H and O–H groups in total. The fraction of sp³-hybridized carbons (Fsp3) is 0.389. The molecular weight excluding hydrogens is 325 g/mol. The van der Waals surface area contributed by atoms with E-state index in [2.05, 4.69) is 15.3 Å². The Morgan fingerprint density at radius 2 is 1.75 bits per heavy atom. The Balaban J connectivity index is 1.85. The van der Waals surface area contributed by atoms with E-state index in [4.69, 9.17) is 0 Å². The van der Waals surface area contributed by atoms with E-state index in [-0.39, 0.29) is 17.0 Å². The molecular formula is C18H22FN3OS. The molecule has 1 amide bonds. The molecule has 0 fully saturated rings. The summed E-state index contributed by atoms with van der Waals surface area (Å²) in [5.41, 5.74) is 3.95. The molecule has 6 heteroatoms. The van der Waals surface area contributed by atoms with Crippen LogP contribution in [0.1, 0.15) is 29.4 Å². The quantitative estimate of drug-likeness (QED) is 0.643. The fourth-order valence-electron chi connectivity index (χ4n) is 2.13. The number of amides is 1. The van der Waals surface area contributed by atoms with Gasteiger partial charge in [0, 0.05) is 17.9 Å². The first-order chi connectivity index (χ1) is 11.4. The summed E-state index contributed by atoms with van der Waals surface area (Å²) in [6.07, 6.45) is 0.669. The standard InChI is InChI=1S/C18H22FN3OS/c1-11-12(2)21-18(22-13(11)3)24-14(4)17(23)20-10-9-15-5-7-16(19)8-6-15/h5-8,14H,9-10H2,1-4H3,(H,20,23)/t14-/m1/s1. The highest BCUT2D eigenvalue weighted by atomic mass is 32.2. The van der Waals surface area contributed by atoms with Gasteiger partial charge in [-0.2, -0.15) is 0 Å². The summed E-state index contributed by atoms with van der Waals surface area (Å²) >= 11 is 1.35. The van der Waals surface area contributed by atoms with Gasteiger partial charge in [0.1, 0.15) is 5.82 Å². The van der Waals surface area contributed by atoms with Crippen LogP contribution in [0.2, 0.25) is 0 Å². The third kappa shape index (κ3) is 5.03. The highest BCUT2D eigenvalue weighted by molar-refractivity contribution is 8.00. The number of halogens is 1. The summed E-state index contributed by atoms with van der Waals surface area (Å²) in [5.74, 6) is -0.307. The maximum absolute atomic E-state index is 12.8. The van der Waals surface area contributed by atoms with Gasteiger partial charge in [0.25, 0.3) is 0 Å². The molecule has 4 nitrogen and oxygen atoms in total. The zero-order valence-corrected chi connectivity index (χ0v) is 15.2. The van der Waals surface area contributed by atoms with Crippen molar-refractivity contribution in [3.05, 3.63) is 52.6 Å². The van der Waals surface area contributed by atoms with Crippen molar-refractivity contribution in [2.75, 3.05) is 6.54 Å². The van der Waals surface area contributed by atoms with Crippen LogP contribution in [0.15, 0.2) is 29.4 Å². The van der Waals surface area contributed by atoms with Crippen LogP contribution in [0.5, 0.6) is 0 Å². The Morgan fingerprint density at radius 3 is 2.33 bits per heavy atom. The van der Waals surface area contributed by atoms with E-state index in [1.54, 1.807) is 12.1 Å². The van der Waals surface area contributed by atoms with Crippen molar-refractivity contribution in [2.45, 2.75) is 44.5 Å². The molecule has 0 aliphatic rings. The number of carbonyl (C=O) groups excluding carboxylic acids is 1. The minimum Gasteiger partial charge on any atom is -0.355 e. The van der Waals surface area contributed by atoms with E-state index < -0.39 is 0 Å². The van der Waals surface area contributed by atoms with Gasteiger partial charge in [-0.3, -0.25) is 4.79 Å². The number of aryl methyl sites for hydroxylation is 2. The van der Waals surface area contributed by atoms with Crippen LogP contribution < -0.4 is 5.32 Å². The molecule has 0 aliphatic carbocycles. The lowest BCUT2D eigenvalue weighted by Gasteiger charge is -2.12. The minimum absolute atomic E-state index is 0.0541. The number of thioether (sulfide) groups is 1. The molecule has 0 spiro atoms. The Labute approximate surface area is 146 Å². The summed E-state index contributed by atoms with van der Waals surface area (Å²) in [5, 5.41) is 3.24. The van der Waals surface area contributed by atoms with Crippen LogP contribution in [0.3, 0.4) is 0 Å². The van der Waals surface area contributed by atoms with Crippen molar-refractivity contribution in [3.8, 4) is 0 Å². The molecule has 2 rings (SSSR count). The molecule has 0 radical (unpaired) electrons. The number of carbonyl (C=O) groups is 1. The molecule has 0 bridgehead atoms. The first-order valence-corrected chi connectivity index (χ1v) is 8.75. The van der Waals surface area contributed by atoms with Crippen LogP contribution in [0.4, 0.5) is 4.39 Å². The number of nitrogens with zero attached hydrogens (tertiary/aromatic N) is 2. The second kappa shape index (κ2) is 8.24.